The lowest BCUT2D eigenvalue weighted by atomic mass is 10.2. The number of halogens is 2. The van der Waals surface area contributed by atoms with E-state index in [4.69, 9.17) is 9.47 Å². The topological polar surface area (TPSA) is 64.6 Å². The van der Waals surface area contributed by atoms with Crippen LogP contribution in [-0.2, 0) is 19.1 Å². The Hall–Kier alpha value is -2.02. The van der Waals surface area contributed by atoms with Gasteiger partial charge in [-0.3, -0.25) is 4.79 Å². The summed E-state index contributed by atoms with van der Waals surface area (Å²) in [5.74, 6) is -3.31. The fourth-order valence-electron chi connectivity index (χ4n) is 1.88. The molecule has 1 saturated heterocycles. The highest BCUT2D eigenvalue weighted by molar-refractivity contribution is 5.95. The maximum Gasteiger partial charge on any atom is 0.336 e. The third-order valence-corrected chi connectivity index (χ3v) is 3.04. The predicted octanol–water partition coefficient (Wildman–Crippen LogP) is 2.01. The Morgan fingerprint density at radius 1 is 1.38 bits per heavy atom. The van der Waals surface area contributed by atoms with Gasteiger partial charge in [0, 0.05) is 18.4 Å². The van der Waals surface area contributed by atoms with E-state index in [0.717, 1.165) is 18.6 Å². The summed E-state index contributed by atoms with van der Waals surface area (Å²) in [7, 11) is 0. The van der Waals surface area contributed by atoms with Gasteiger partial charge in [-0.05, 0) is 31.9 Å². The second kappa shape index (κ2) is 6.62. The van der Waals surface area contributed by atoms with Crippen LogP contribution in [0.3, 0.4) is 0 Å². The highest BCUT2D eigenvalue weighted by Crippen LogP contribution is 2.16. The van der Waals surface area contributed by atoms with Crippen LogP contribution in [-0.4, -0.2) is 30.7 Å². The SMILES string of the molecule is C[C@@H](OC(=O)[C@@H]1CCCO1)C(=O)Nc1ccc(F)c(F)c1. The molecule has 0 aliphatic carbocycles. The van der Waals surface area contributed by atoms with Gasteiger partial charge in [0.1, 0.15) is 0 Å². The van der Waals surface area contributed by atoms with Crippen molar-refractivity contribution in [3.05, 3.63) is 29.8 Å². The Morgan fingerprint density at radius 3 is 2.76 bits per heavy atom. The number of amides is 1. The minimum Gasteiger partial charge on any atom is -0.451 e. The number of ether oxygens (including phenoxy) is 2. The fourth-order valence-corrected chi connectivity index (χ4v) is 1.88. The number of hydrogen-bond acceptors (Lipinski definition) is 4. The van der Waals surface area contributed by atoms with E-state index in [-0.39, 0.29) is 5.69 Å². The number of benzene rings is 1. The van der Waals surface area contributed by atoms with E-state index in [1.54, 1.807) is 0 Å². The second-order valence-corrected chi connectivity index (χ2v) is 4.70. The second-order valence-electron chi connectivity index (χ2n) is 4.70. The van der Waals surface area contributed by atoms with Crippen molar-refractivity contribution in [1.29, 1.82) is 0 Å². The largest absolute Gasteiger partial charge is 0.451 e. The van der Waals surface area contributed by atoms with E-state index in [0.29, 0.717) is 13.0 Å². The molecular formula is C14H15F2NO4. The molecule has 0 radical (unpaired) electrons. The number of carbonyl (C=O) groups is 2. The van der Waals surface area contributed by atoms with Crippen molar-refractivity contribution in [3.8, 4) is 0 Å². The molecule has 21 heavy (non-hydrogen) atoms. The first-order chi connectivity index (χ1) is 9.97. The van der Waals surface area contributed by atoms with Gasteiger partial charge in [0.25, 0.3) is 5.91 Å². The zero-order valence-electron chi connectivity index (χ0n) is 11.4. The van der Waals surface area contributed by atoms with Crippen LogP contribution in [0.5, 0.6) is 0 Å². The Morgan fingerprint density at radius 2 is 2.14 bits per heavy atom. The summed E-state index contributed by atoms with van der Waals surface area (Å²) >= 11 is 0. The molecule has 1 aliphatic heterocycles. The van der Waals surface area contributed by atoms with Crippen molar-refractivity contribution in [2.45, 2.75) is 32.0 Å². The molecule has 1 aliphatic rings. The Bertz CT molecular complexity index is 544. The van der Waals surface area contributed by atoms with Crippen molar-refractivity contribution in [3.63, 3.8) is 0 Å². The van der Waals surface area contributed by atoms with Crippen LogP contribution in [0.15, 0.2) is 18.2 Å². The van der Waals surface area contributed by atoms with E-state index < -0.39 is 35.7 Å². The van der Waals surface area contributed by atoms with Gasteiger partial charge in [0.15, 0.2) is 23.8 Å². The summed E-state index contributed by atoms with van der Waals surface area (Å²) < 4.78 is 35.9. The maximum absolute atomic E-state index is 13.0. The molecule has 114 valence electrons. The molecule has 1 aromatic rings. The number of hydrogen-bond donors (Lipinski definition) is 1. The average Bonchev–Trinajstić information content (AvgIpc) is 2.97. The van der Waals surface area contributed by atoms with Gasteiger partial charge in [-0.1, -0.05) is 0 Å². The molecule has 0 unspecified atom stereocenters. The summed E-state index contributed by atoms with van der Waals surface area (Å²) in [5.41, 5.74) is 0.0823. The van der Waals surface area contributed by atoms with Crippen LogP contribution in [0.4, 0.5) is 14.5 Å². The summed E-state index contributed by atoms with van der Waals surface area (Å²) in [4.78, 5) is 23.5. The Labute approximate surface area is 120 Å². The molecular weight excluding hydrogens is 284 g/mol. The first-order valence-electron chi connectivity index (χ1n) is 6.55. The quantitative estimate of drug-likeness (QED) is 0.864. The minimum absolute atomic E-state index is 0.0823. The van der Waals surface area contributed by atoms with E-state index in [2.05, 4.69) is 5.32 Å². The standard InChI is InChI=1S/C14H15F2NO4/c1-8(21-14(19)12-3-2-6-20-12)13(18)17-9-4-5-10(15)11(16)7-9/h4-5,7-8,12H,2-3,6H2,1H3,(H,17,18)/t8-,12+/m1/s1. The lowest BCUT2D eigenvalue weighted by molar-refractivity contribution is -0.162. The van der Waals surface area contributed by atoms with Crippen LogP contribution in [0.25, 0.3) is 0 Å². The fraction of sp³-hybridized carbons (Fsp3) is 0.429. The van der Waals surface area contributed by atoms with Gasteiger partial charge < -0.3 is 14.8 Å². The summed E-state index contributed by atoms with van der Waals surface area (Å²) in [5, 5.41) is 2.34. The van der Waals surface area contributed by atoms with Gasteiger partial charge in [-0.25, -0.2) is 13.6 Å². The van der Waals surface area contributed by atoms with Gasteiger partial charge in [0.2, 0.25) is 0 Å². The molecule has 7 heteroatoms. The van der Waals surface area contributed by atoms with Gasteiger partial charge in [-0.2, -0.15) is 0 Å². The number of nitrogens with one attached hydrogen (secondary N) is 1. The number of rotatable bonds is 4. The number of anilines is 1. The van der Waals surface area contributed by atoms with Crippen molar-refractivity contribution >= 4 is 17.6 Å². The molecule has 0 spiro atoms. The zero-order chi connectivity index (χ0) is 15.4. The summed E-state index contributed by atoms with van der Waals surface area (Å²) in [6.45, 7) is 1.89. The number of carbonyl (C=O) groups excluding carboxylic acids is 2. The van der Waals surface area contributed by atoms with E-state index in [9.17, 15) is 18.4 Å². The van der Waals surface area contributed by atoms with Gasteiger partial charge >= 0.3 is 5.97 Å². The highest BCUT2D eigenvalue weighted by Gasteiger charge is 2.28. The van der Waals surface area contributed by atoms with E-state index >= 15 is 0 Å². The highest BCUT2D eigenvalue weighted by atomic mass is 19.2. The molecule has 1 N–H and O–H groups in total. The monoisotopic (exact) mass is 299 g/mol. The molecule has 2 atom stereocenters. The molecule has 1 amide bonds. The first kappa shape index (κ1) is 15.4. The predicted molar refractivity (Wildman–Crippen MR) is 69.5 cm³/mol. The van der Waals surface area contributed by atoms with Crippen LogP contribution in [0, 0.1) is 11.6 Å². The van der Waals surface area contributed by atoms with Crippen molar-refractivity contribution in [2.75, 3.05) is 11.9 Å². The average molecular weight is 299 g/mol. The van der Waals surface area contributed by atoms with E-state index in [1.165, 1.54) is 13.0 Å². The van der Waals surface area contributed by atoms with Crippen LogP contribution in [0.2, 0.25) is 0 Å². The van der Waals surface area contributed by atoms with Crippen LogP contribution < -0.4 is 5.32 Å². The normalized spacial score (nSPS) is 19.1. The third kappa shape index (κ3) is 3.98. The van der Waals surface area contributed by atoms with Crippen molar-refractivity contribution in [1.82, 2.24) is 0 Å². The third-order valence-electron chi connectivity index (χ3n) is 3.04. The number of esters is 1. The van der Waals surface area contributed by atoms with Gasteiger partial charge in [0.05, 0.1) is 0 Å². The van der Waals surface area contributed by atoms with Crippen molar-refractivity contribution in [2.24, 2.45) is 0 Å². The molecule has 1 aromatic carbocycles. The Balaban J connectivity index is 1.89. The molecule has 1 heterocycles. The summed E-state index contributed by atoms with van der Waals surface area (Å²) in [6, 6.07) is 2.96. The molecule has 1 fully saturated rings. The summed E-state index contributed by atoms with van der Waals surface area (Å²) in [6.07, 6.45) is -0.357. The van der Waals surface area contributed by atoms with Crippen molar-refractivity contribution < 1.29 is 27.8 Å². The first-order valence-corrected chi connectivity index (χ1v) is 6.55. The Kier molecular flexibility index (Phi) is 4.85. The zero-order valence-corrected chi connectivity index (χ0v) is 11.4. The lowest BCUT2D eigenvalue weighted by Crippen LogP contribution is -2.34. The molecule has 0 bridgehead atoms. The lowest BCUT2D eigenvalue weighted by Gasteiger charge is -2.16. The maximum atomic E-state index is 13.0. The molecule has 5 nitrogen and oxygen atoms in total. The molecule has 2 rings (SSSR count). The van der Waals surface area contributed by atoms with Gasteiger partial charge in [-0.15, -0.1) is 0 Å². The van der Waals surface area contributed by atoms with Crippen LogP contribution in [0.1, 0.15) is 19.8 Å². The van der Waals surface area contributed by atoms with Crippen LogP contribution >= 0.6 is 0 Å². The van der Waals surface area contributed by atoms with E-state index in [1.807, 2.05) is 0 Å². The minimum atomic E-state index is -1.07. The molecule has 0 saturated carbocycles. The smallest absolute Gasteiger partial charge is 0.336 e. The molecule has 0 aromatic heterocycles.